The van der Waals surface area contributed by atoms with Crippen molar-refractivity contribution in [3.8, 4) is 11.5 Å². The van der Waals surface area contributed by atoms with Gasteiger partial charge in [-0.3, -0.25) is 4.79 Å². The van der Waals surface area contributed by atoms with Crippen LogP contribution in [0.3, 0.4) is 0 Å². The number of ether oxygens (including phenoxy) is 2. The fraction of sp³-hybridized carbons (Fsp3) is 0.381. The molecule has 0 saturated carbocycles. The van der Waals surface area contributed by atoms with Gasteiger partial charge in [-0.2, -0.15) is 0 Å². The van der Waals surface area contributed by atoms with Gasteiger partial charge in [-0.1, -0.05) is 53.5 Å². The summed E-state index contributed by atoms with van der Waals surface area (Å²) in [5.74, 6) is 0.629. The van der Waals surface area contributed by atoms with Crippen molar-refractivity contribution >= 4 is 33.5 Å². The number of carboxylic acid groups (broad SMARTS) is 1. The molecule has 2 N–H and O–H groups in total. The Kier molecular flexibility index (Phi) is 8.60. The van der Waals surface area contributed by atoms with Crippen molar-refractivity contribution in [1.82, 2.24) is 5.32 Å². The minimum atomic E-state index is -0.847. The third-order valence-corrected chi connectivity index (χ3v) is 5.17. The molecule has 1 atom stereocenters. The lowest BCUT2D eigenvalue weighted by Gasteiger charge is -2.18. The maximum Gasteiger partial charge on any atom is 0.320 e. The molecule has 0 saturated heterocycles. The summed E-state index contributed by atoms with van der Waals surface area (Å²) in [5.41, 5.74) is 1.89. The van der Waals surface area contributed by atoms with E-state index < -0.39 is 12.0 Å². The molecular formula is C21H25BrClNO4. The Bertz CT molecular complexity index is 796. The monoisotopic (exact) mass is 469 g/mol. The summed E-state index contributed by atoms with van der Waals surface area (Å²) in [6.45, 7) is 4.79. The molecule has 0 amide bonds. The molecular weight excluding hydrogens is 446 g/mol. The molecule has 2 aromatic rings. The number of rotatable bonds is 10. The van der Waals surface area contributed by atoms with Crippen molar-refractivity contribution in [3.63, 3.8) is 0 Å². The molecule has 7 heteroatoms. The van der Waals surface area contributed by atoms with Gasteiger partial charge < -0.3 is 19.9 Å². The highest BCUT2D eigenvalue weighted by Gasteiger charge is 2.19. The van der Waals surface area contributed by atoms with Crippen molar-refractivity contribution in [3.05, 3.63) is 57.0 Å². The van der Waals surface area contributed by atoms with Crippen molar-refractivity contribution < 1.29 is 19.4 Å². The lowest BCUT2D eigenvalue weighted by atomic mass is 10.0. The zero-order valence-electron chi connectivity index (χ0n) is 16.2. The van der Waals surface area contributed by atoms with E-state index in [9.17, 15) is 9.90 Å². The van der Waals surface area contributed by atoms with Gasteiger partial charge in [0, 0.05) is 16.0 Å². The molecule has 0 aliphatic heterocycles. The van der Waals surface area contributed by atoms with Crippen LogP contribution in [0.15, 0.2) is 40.9 Å². The van der Waals surface area contributed by atoms with E-state index in [1.165, 1.54) is 0 Å². The van der Waals surface area contributed by atoms with Crippen LogP contribution in [0.2, 0.25) is 5.02 Å². The average molecular weight is 471 g/mol. The van der Waals surface area contributed by atoms with Gasteiger partial charge >= 0.3 is 5.97 Å². The van der Waals surface area contributed by atoms with Crippen LogP contribution in [0.1, 0.15) is 31.4 Å². The summed E-state index contributed by atoms with van der Waals surface area (Å²) in [4.78, 5) is 11.4. The minimum Gasteiger partial charge on any atom is -0.493 e. The summed E-state index contributed by atoms with van der Waals surface area (Å²) in [5, 5.41) is 13.2. The highest BCUT2D eigenvalue weighted by molar-refractivity contribution is 9.10. The fourth-order valence-corrected chi connectivity index (χ4v) is 3.29. The van der Waals surface area contributed by atoms with Crippen LogP contribution >= 0.6 is 27.5 Å². The molecule has 0 aromatic heterocycles. The van der Waals surface area contributed by atoms with E-state index in [2.05, 4.69) is 21.2 Å². The molecule has 1 unspecified atom stereocenters. The first kappa shape index (κ1) is 22.5. The average Bonchev–Trinajstić information content (AvgIpc) is 2.65. The standard InChI is InChI=1S/C21H25BrClNO4/c1-13(2)8-18(21(25)26)24-11-15-9-19(27-3)20(10-17(15)22)28-12-14-4-6-16(23)7-5-14/h4-7,9-10,13,18,24H,8,11-12H2,1-3H3,(H,25,26). The fourth-order valence-electron chi connectivity index (χ4n) is 2.70. The zero-order valence-corrected chi connectivity index (χ0v) is 18.5. The van der Waals surface area contributed by atoms with Crippen LogP contribution < -0.4 is 14.8 Å². The predicted molar refractivity (Wildman–Crippen MR) is 114 cm³/mol. The topological polar surface area (TPSA) is 67.8 Å². The van der Waals surface area contributed by atoms with Gasteiger partial charge in [0.1, 0.15) is 12.6 Å². The number of aliphatic carboxylic acids is 1. The number of halogens is 2. The maximum absolute atomic E-state index is 11.4. The predicted octanol–water partition coefficient (Wildman–Crippen LogP) is 5.28. The SMILES string of the molecule is COc1cc(CNC(CC(C)C)C(=O)O)c(Br)cc1OCc1ccc(Cl)cc1. The summed E-state index contributed by atoms with van der Waals surface area (Å²) in [7, 11) is 1.58. The van der Waals surface area contributed by atoms with Crippen LogP contribution in [0, 0.1) is 5.92 Å². The van der Waals surface area contributed by atoms with Crippen LogP contribution in [-0.2, 0) is 17.9 Å². The van der Waals surface area contributed by atoms with E-state index in [1.54, 1.807) is 7.11 Å². The van der Waals surface area contributed by atoms with E-state index in [4.69, 9.17) is 21.1 Å². The molecule has 0 spiro atoms. The highest BCUT2D eigenvalue weighted by atomic mass is 79.9. The van der Waals surface area contributed by atoms with E-state index in [1.807, 2.05) is 50.2 Å². The number of hydrogen-bond donors (Lipinski definition) is 2. The summed E-state index contributed by atoms with van der Waals surface area (Å²) < 4.78 is 12.2. The van der Waals surface area contributed by atoms with Crippen molar-refractivity contribution in [2.24, 2.45) is 5.92 Å². The smallest absolute Gasteiger partial charge is 0.320 e. The third-order valence-electron chi connectivity index (χ3n) is 4.18. The van der Waals surface area contributed by atoms with E-state index >= 15 is 0 Å². The number of benzene rings is 2. The Hall–Kier alpha value is -1.76. The largest absolute Gasteiger partial charge is 0.493 e. The van der Waals surface area contributed by atoms with Crippen LogP contribution in [0.25, 0.3) is 0 Å². The molecule has 0 radical (unpaired) electrons. The van der Waals surface area contributed by atoms with Crippen LogP contribution in [0.5, 0.6) is 11.5 Å². The van der Waals surface area contributed by atoms with E-state index in [0.29, 0.717) is 36.1 Å². The molecule has 152 valence electrons. The molecule has 0 aliphatic carbocycles. The first-order valence-corrected chi connectivity index (χ1v) is 10.2. The Morgan fingerprint density at radius 3 is 2.46 bits per heavy atom. The maximum atomic E-state index is 11.4. The second-order valence-electron chi connectivity index (χ2n) is 6.91. The zero-order chi connectivity index (χ0) is 20.7. The van der Waals surface area contributed by atoms with Gasteiger partial charge in [0.25, 0.3) is 0 Å². The van der Waals surface area contributed by atoms with Gasteiger partial charge in [0.05, 0.1) is 7.11 Å². The van der Waals surface area contributed by atoms with Gasteiger partial charge in [-0.05, 0) is 47.7 Å². The summed E-state index contributed by atoms with van der Waals surface area (Å²) in [6, 6.07) is 10.5. The van der Waals surface area contributed by atoms with Gasteiger partial charge in [0.15, 0.2) is 11.5 Å². The first-order valence-electron chi connectivity index (χ1n) is 9.00. The van der Waals surface area contributed by atoms with Crippen molar-refractivity contribution in [2.75, 3.05) is 7.11 Å². The molecule has 0 fully saturated rings. The highest BCUT2D eigenvalue weighted by Crippen LogP contribution is 2.34. The van der Waals surface area contributed by atoms with Gasteiger partial charge in [-0.25, -0.2) is 0 Å². The molecule has 2 aromatic carbocycles. The third kappa shape index (κ3) is 6.69. The number of methoxy groups -OCH3 is 1. The minimum absolute atomic E-state index is 0.287. The van der Waals surface area contributed by atoms with E-state index in [-0.39, 0.29) is 5.92 Å². The molecule has 0 bridgehead atoms. The second-order valence-corrected chi connectivity index (χ2v) is 8.20. The Morgan fingerprint density at radius 2 is 1.89 bits per heavy atom. The number of carboxylic acids is 1. The number of hydrogen-bond acceptors (Lipinski definition) is 4. The Balaban J connectivity index is 2.09. The van der Waals surface area contributed by atoms with Crippen LogP contribution in [0.4, 0.5) is 0 Å². The van der Waals surface area contributed by atoms with Crippen molar-refractivity contribution in [1.29, 1.82) is 0 Å². The van der Waals surface area contributed by atoms with E-state index in [0.717, 1.165) is 15.6 Å². The second kappa shape index (κ2) is 10.7. The summed E-state index contributed by atoms with van der Waals surface area (Å²) >= 11 is 9.45. The van der Waals surface area contributed by atoms with Gasteiger partial charge in [-0.15, -0.1) is 0 Å². The lowest BCUT2D eigenvalue weighted by molar-refractivity contribution is -0.140. The molecule has 28 heavy (non-hydrogen) atoms. The lowest BCUT2D eigenvalue weighted by Crippen LogP contribution is -2.37. The quantitative estimate of drug-likeness (QED) is 0.494. The first-order chi connectivity index (χ1) is 13.3. The Labute approximate surface area is 179 Å². The van der Waals surface area contributed by atoms with Crippen molar-refractivity contribution in [2.45, 2.75) is 39.5 Å². The normalized spacial score (nSPS) is 12.1. The Morgan fingerprint density at radius 1 is 1.21 bits per heavy atom. The molecule has 0 aliphatic rings. The summed E-state index contributed by atoms with van der Waals surface area (Å²) in [6.07, 6.45) is 0.562. The molecule has 2 rings (SSSR count). The molecule has 5 nitrogen and oxygen atoms in total. The number of nitrogens with one attached hydrogen (secondary N) is 1. The van der Waals surface area contributed by atoms with Crippen LogP contribution in [-0.4, -0.2) is 24.2 Å². The van der Waals surface area contributed by atoms with Gasteiger partial charge in [0.2, 0.25) is 0 Å². The number of carbonyl (C=O) groups is 1. The molecule has 0 heterocycles.